The van der Waals surface area contributed by atoms with Crippen molar-refractivity contribution < 1.29 is 32.2 Å². The van der Waals surface area contributed by atoms with E-state index in [1.54, 1.807) is 12.1 Å². The molecule has 0 N–H and O–H groups in total. The van der Waals surface area contributed by atoms with Gasteiger partial charge in [0, 0.05) is 13.1 Å². The molecular formula is C23H27NO7S. The van der Waals surface area contributed by atoms with Crippen molar-refractivity contribution in [2.45, 2.75) is 24.7 Å². The Morgan fingerprint density at radius 2 is 1.66 bits per heavy atom. The number of nitrogens with zero attached hydrogens (tertiary/aromatic N) is 1. The SMILES string of the molecule is COc1ccc(OC)c(C(=O)COC(=O)c2ccc(S(=O)(=O)N3CCC(C)CC3)cc2)c1. The van der Waals surface area contributed by atoms with Crippen LogP contribution in [0.2, 0.25) is 0 Å². The number of ketones is 1. The van der Waals surface area contributed by atoms with Crippen LogP contribution in [0.25, 0.3) is 0 Å². The van der Waals surface area contributed by atoms with Crippen LogP contribution in [0.4, 0.5) is 0 Å². The molecule has 0 spiro atoms. The minimum Gasteiger partial charge on any atom is -0.497 e. The van der Waals surface area contributed by atoms with Crippen LogP contribution in [0, 0.1) is 5.92 Å². The van der Waals surface area contributed by atoms with E-state index in [9.17, 15) is 18.0 Å². The van der Waals surface area contributed by atoms with Crippen molar-refractivity contribution in [1.82, 2.24) is 4.31 Å². The van der Waals surface area contributed by atoms with Crippen LogP contribution < -0.4 is 9.47 Å². The molecule has 3 rings (SSSR count). The average Bonchev–Trinajstić information content (AvgIpc) is 2.82. The summed E-state index contributed by atoms with van der Waals surface area (Å²) in [5.41, 5.74) is 0.388. The van der Waals surface area contributed by atoms with Gasteiger partial charge < -0.3 is 14.2 Å². The summed E-state index contributed by atoms with van der Waals surface area (Å²) in [5.74, 6) is 0.149. The van der Waals surface area contributed by atoms with Crippen molar-refractivity contribution >= 4 is 21.8 Å². The lowest BCUT2D eigenvalue weighted by Gasteiger charge is -2.29. The van der Waals surface area contributed by atoms with Gasteiger partial charge in [-0.3, -0.25) is 4.79 Å². The molecule has 2 aromatic rings. The Kier molecular flexibility index (Phi) is 7.52. The van der Waals surface area contributed by atoms with E-state index in [4.69, 9.17) is 14.2 Å². The Hall–Kier alpha value is -2.91. The molecule has 0 aromatic heterocycles. The largest absolute Gasteiger partial charge is 0.497 e. The molecule has 1 aliphatic heterocycles. The Labute approximate surface area is 188 Å². The molecule has 0 unspecified atom stereocenters. The number of rotatable bonds is 8. The lowest BCUT2D eigenvalue weighted by atomic mass is 10.0. The van der Waals surface area contributed by atoms with E-state index in [0.717, 1.165) is 12.8 Å². The minimum absolute atomic E-state index is 0.126. The number of sulfonamides is 1. The zero-order valence-electron chi connectivity index (χ0n) is 18.4. The summed E-state index contributed by atoms with van der Waals surface area (Å²) in [5, 5.41) is 0. The van der Waals surface area contributed by atoms with Gasteiger partial charge in [-0.25, -0.2) is 13.2 Å². The minimum atomic E-state index is -3.60. The molecule has 32 heavy (non-hydrogen) atoms. The van der Waals surface area contributed by atoms with Crippen LogP contribution in [0.3, 0.4) is 0 Å². The highest BCUT2D eigenvalue weighted by Gasteiger charge is 2.28. The quantitative estimate of drug-likeness (QED) is 0.440. The first kappa shape index (κ1) is 23.7. The van der Waals surface area contributed by atoms with Gasteiger partial charge in [0.1, 0.15) is 11.5 Å². The normalized spacial score (nSPS) is 15.2. The van der Waals surface area contributed by atoms with E-state index in [1.165, 1.54) is 48.9 Å². The third kappa shape index (κ3) is 5.28. The van der Waals surface area contributed by atoms with Gasteiger partial charge in [0.2, 0.25) is 15.8 Å². The first-order valence-electron chi connectivity index (χ1n) is 10.3. The smallest absolute Gasteiger partial charge is 0.338 e. The molecule has 9 heteroatoms. The second-order valence-corrected chi connectivity index (χ2v) is 9.61. The molecule has 0 atom stereocenters. The zero-order valence-corrected chi connectivity index (χ0v) is 19.2. The molecule has 0 aliphatic carbocycles. The highest BCUT2D eigenvalue weighted by Crippen LogP contribution is 2.25. The number of ether oxygens (including phenoxy) is 3. The van der Waals surface area contributed by atoms with Gasteiger partial charge in [-0.15, -0.1) is 0 Å². The maximum absolute atomic E-state index is 12.8. The number of carbonyl (C=O) groups is 2. The van der Waals surface area contributed by atoms with Crippen LogP contribution in [0.15, 0.2) is 47.4 Å². The lowest BCUT2D eigenvalue weighted by Crippen LogP contribution is -2.37. The summed E-state index contributed by atoms with van der Waals surface area (Å²) in [6.45, 7) is 2.60. The Bertz CT molecular complexity index is 1070. The van der Waals surface area contributed by atoms with Crippen molar-refractivity contribution in [2.75, 3.05) is 33.9 Å². The van der Waals surface area contributed by atoms with E-state index in [2.05, 4.69) is 6.92 Å². The maximum Gasteiger partial charge on any atom is 0.338 e. The standard InChI is InChI=1S/C23H27NO7S/c1-16-10-12-24(13-11-16)32(27,28)19-7-4-17(5-8-19)23(26)31-15-21(25)20-14-18(29-2)6-9-22(20)30-3/h4-9,14,16H,10-13,15H2,1-3H3. The molecule has 0 amide bonds. The van der Waals surface area contributed by atoms with Crippen molar-refractivity contribution in [1.29, 1.82) is 0 Å². The van der Waals surface area contributed by atoms with E-state index >= 15 is 0 Å². The second kappa shape index (κ2) is 10.1. The van der Waals surface area contributed by atoms with Crippen LogP contribution in [0.5, 0.6) is 11.5 Å². The summed E-state index contributed by atoms with van der Waals surface area (Å²) in [7, 11) is -0.690. The highest BCUT2D eigenvalue weighted by molar-refractivity contribution is 7.89. The Morgan fingerprint density at radius 3 is 2.25 bits per heavy atom. The number of benzene rings is 2. The van der Waals surface area contributed by atoms with Crippen molar-refractivity contribution in [3.63, 3.8) is 0 Å². The highest BCUT2D eigenvalue weighted by atomic mass is 32.2. The van der Waals surface area contributed by atoms with Crippen molar-refractivity contribution in [3.05, 3.63) is 53.6 Å². The molecule has 0 radical (unpaired) electrons. The number of piperidine rings is 1. The molecule has 2 aromatic carbocycles. The summed E-state index contributed by atoms with van der Waals surface area (Å²) in [6, 6.07) is 10.3. The number of carbonyl (C=O) groups excluding carboxylic acids is 2. The van der Waals surface area contributed by atoms with Gasteiger partial charge in [0.15, 0.2) is 6.61 Å². The summed E-state index contributed by atoms with van der Waals surface area (Å²) >= 11 is 0. The predicted molar refractivity (Wildman–Crippen MR) is 118 cm³/mol. The number of Topliss-reactive ketones (excluding diaryl/α,β-unsaturated/α-hetero) is 1. The van der Waals surface area contributed by atoms with Crippen molar-refractivity contribution in [3.8, 4) is 11.5 Å². The second-order valence-electron chi connectivity index (χ2n) is 7.68. The van der Waals surface area contributed by atoms with Gasteiger partial charge in [0.25, 0.3) is 0 Å². The topological polar surface area (TPSA) is 99.2 Å². The third-order valence-electron chi connectivity index (χ3n) is 5.51. The van der Waals surface area contributed by atoms with E-state index in [0.29, 0.717) is 30.5 Å². The van der Waals surface area contributed by atoms with Crippen LogP contribution >= 0.6 is 0 Å². The molecule has 0 bridgehead atoms. The number of hydrogen-bond donors (Lipinski definition) is 0. The summed E-state index contributed by atoms with van der Waals surface area (Å²) in [4.78, 5) is 25.0. The molecule has 8 nitrogen and oxygen atoms in total. The zero-order chi connectivity index (χ0) is 23.3. The van der Waals surface area contributed by atoms with Gasteiger partial charge >= 0.3 is 5.97 Å². The molecule has 172 valence electrons. The number of methoxy groups -OCH3 is 2. The fourth-order valence-electron chi connectivity index (χ4n) is 3.46. The number of hydrogen-bond acceptors (Lipinski definition) is 7. The maximum atomic E-state index is 12.8. The molecule has 1 saturated heterocycles. The van der Waals surface area contributed by atoms with E-state index in [-0.39, 0.29) is 16.0 Å². The number of esters is 1. The molecular weight excluding hydrogens is 434 g/mol. The first-order valence-corrected chi connectivity index (χ1v) is 11.7. The fraction of sp³-hybridized carbons (Fsp3) is 0.391. The fourth-order valence-corrected chi connectivity index (χ4v) is 4.93. The van der Waals surface area contributed by atoms with Crippen molar-refractivity contribution in [2.24, 2.45) is 5.92 Å². The first-order chi connectivity index (χ1) is 15.3. The Balaban J connectivity index is 1.65. The molecule has 1 fully saturated rings. The van der Waals surface area contributed by atoms with E-state index < -0.39 is 28.4 Å². The van der Waals surface area contributed by atoms with Crippen LogP contribution in [0.1, 0.15) is 40.5 Å². The summed E-state index contributed by atoms with van der Waals surface area (Å²) in [6.07, 6.45) is 1.66. The Morgan fingerprint density at radius 1 is 1.00 bits per heavy atom. The lowest BCUT2D eigenvalue weighted by molar-refractivity contribution is 0.0474. The van der Waals surface area contributed by atoms with Crippen LogP contribution in [-0.4, -0.2) is 58.4 Å². The van der Waals surface area contributed by atoms with Gasteiger partial charge in [-0.05, 0) is 61.2 Å². The van der Waals surface area contributed by atoms with Gasteiger partial charge in [0.05, 0.1) is 30.2 Å². The van der Waals surface area contributed by atoms with E-state index in [1.807, 2.05) is 0 Å². The average molecular weight is 462 g/mol. The monoisotopic (exact) mass is 461 g/mol. The van der Waals surface area contributed by atoms with Crippen LogP contribution in [-0.2, 0) is 14.8 Å². The predicted octanol–water partition coefficient (Wildman–Crippen LogP) is 3.16. The molecule has 1 aliphatic rings. The summed E-state index contributed by atoms with van der Waals surface area (Å²) < 4.78 is 42.5. The molecule has 0 saturated carbocycles. The van der Waals surface area contributed by atoms with Gasteiger partial charge in [-0.1, -0.05) is 6.92 Å². The third-order valence-corrected chi connectivity index (χ3v) is 7.42. The molecule has 1 heterocycles. The van der Waals surface area contributed by atoms with Gasteiger partial charge in [-0.2, -0.15) is 4.31 Å².